The minimum Gasteiger partial charge on any atom is -0.391 e. The summed E-state index contributed by atoms with van der Waals surface area (Å²) in [7, 11) is 0. The third-order valence-corrected chi connectivity index (χ3v) is 7.87. The van der Waals surface area contributed by atoms with Gasteiger partial charge in [-0.25, -0.2) is 4.39 Å². The molecule has 1 spiro atoms. The van der Waals surface area contributed by atoms with E-state index in [1.54, 1.807) is 11.0 Å². The van der Waals surface area contributed by atoms with Gasteiger partial charge in [0.05, 0.1) is 24.1 Å². The molecule has 2 aromatic rings. The minimum atomic E-state index is -0.752. The summed E-state index contributed by atoms with van der Waals surface area (Å²) in [4.78, 5) is 32.8. The van der Waals surface area contributed by atoms with Crippen molar-refractivity contribution in [3.63, 3.8) is 0 Å². The molecule has 3 aliphatic heterocycles. The van der Waals surface area contributed by atoms with E-state index in [1.165, 1.54) is 12.1 Å². The first-order valence-electron chi connectivity index (χ1n) is 12.7. The molecule has 186 valence electrons. The Bertz CT molecular complexity index is 1060. The maximum Gasteiger partial charge on any atom is 0.236 e. The summed E-state index contributed by atoms with van der Waals surface area (Å²) >= 11 is 0. The topological polar surface area (TPSA) is 64.1 Å². The molecule has 0 radical (unpaired) electrons. The number of aliphatic hydroxyl groups excluding tert-OH is 1. The maximum absolute atomic E-state index is 14.2. The number of amides is 2. The van der Waals surface area contributed by atoms with E-state index >= 15 is 0 Å². The van der Waals surface area contributed by atoms with Gasteiger partial charge in [-0.15, -0.1) is 0 Å². The number of aliphatic hydroxyl groups is 1. The monoisotopic (exact) mass is 479 g/mol. The minimum absolute atomic E-state index is 0.0146. The second kappa shape index (κ2) is 10.1. The number of halogens is 1. The largest absolute Gasteiger partial charge is 0.391 e. The smallest absolute Gasteiger partial charge is 0.236 e. The zero-order valence-corrected chi connectivity index (χ0v) is 20.1. The molecule has 1 N–H and O–H groups in total. The molecular formula is C28H34FN3O3. The fourth-order valence-corrected chi connectivity index (χ4v) is 6.25. The fourth-order valence-electron chi connectivity index (χ4n) is 6.25. The lowest BCUT2D eigenvalue weighted by atomic mass is 9.69. The van der Waals surface area contributed by atoms with Crippen LogP contribution in [0.1, 0.15) is 49.3 Å². The van der Waals surface area contributed by atoms with E-state index in [4.69, 9.17) is 0 Å². The van der Waals surface area contributed by atoms with Crippen LogP contribution in [0.2, 0.25) is 0 Å². The van der Waals surface area contributed by atoms with Crippen molar-refractivity contribution in [3.8, 4) is 0 Å². The average Bonchev–Trinajstić information content (AvgIpc) is 3.39. The molecule has 0 saturated carbocycles. The highest BCUT2D eigenvalue weighted by atomic mass is 19.1. The van der Waals surface area contributed by atoms with Crippen molar-refractivity contribution in [2.75, 3.05) is 32.7 Å². The molecule has 3 atom stereocenters. The molecule has 0 bridgehead atoms. The molecule has 0 aromatic heterocycles. The second-order valence-electron chi connectivity index (χ2n) is 10.4. The molecule has 2 amide bonds. The zero-order valence-electron chi connectivity index (χ0n) is 20.1. The van der Waals surface area contributed by atoms with Gasteiger partial charge in [0.2, 0.25) is 11.8 Å². The predicted octanol–water partition coefficient (Wildman–Crippen LogP) is 3.36. The summed E-state index contributed by atoms with van der Waals surface area (Å²) in [5.41, 5.74) is 0.818. The van der Waals surface area contributed by atoms with Crippen molar-refractivity contribution in [3.05, 3.63) is 71.5 Å². The summed E-state index contributed by atoms with van der Waals surface area (Å²) in [5.74, 6) is -0.232. The van der Waals surface area contributed by atoms with Crippen molar-refractivity contribution < 1.29 is 19.1 Å². The first kappa shape index (κ1) is 23.9. The van der Waals surface area contributed by atoms with Gasteiger partial charge < -0.3 is 14.9 Å². The third-order valence-electron chi connectivity index (χ3n) is 7.87. The van der Waals surface area contributed by atoms with Gasteiger partial charge in [-0.2, -0.15) is 0 Å². The van der Waals surface area contributed by atoms with Crippen molar-refractivity contribution in [2.45, 2.75) is 50.8 Å². The van der Waals surface area contributed by atoms with Gasteiger partial charge in [0.15, 0.2) is 0 Å². The number of rotatable bonds is 5. The Hall–Kier alpha value is -2.77. The van der Waals surface area contributed by atoms with E-state index in [0.29, 0.717) is 31.5 Å². The summed E-state index contributed by atoms with van der Waals surface area (Å²) in [6.07, 6.45) is 3.19. The van der Waals surface area contributed by atoms with Gasteiger partial charge in [-0.1, -0.05) is 42.5 Å². The molecule has 3 fully saturated rings. The highest BCUT2D eigenvalue weighted by Gasteiger charge is 2.53. The van der Waals surface area contributed by atoms with Gasteiger partial charge in [-0.05, 0) is 61.9 Å². The lowest BCUT2D eigenvalue weighted by Gasteiger charge is -2.52. The van der Waals surface area contributed by atoms with Crippen LogP contribution in [0.25, 0.3) is 0 Å². The molecule has 6 nitrogen and oxygen atoms in total. The standard InChI is InChI=1S/C28H34FN3O3/c29-23-11-6-8-21(16-23)18-32-26(22-9-2-1-3-10-22)24(33)17-28(27(32)35)12-7-13-30(20-28)19-25(34)31-14-4-5-15-31/h1-3,6,8-11,16,24,26,33H,4-5,7,12-15,17-20H2/t24-,26+,28+/m1/s1. The van der Waals surface area contributed by atoms with Crippen molar-refractivity contribution in [1.29, 1.82) is 0 Å². The second-order valence-corrected chi connectivity index (χ2v) is 10.4. The molecule has 3 saturated heterocycles. The maximum atomic E-state index is 14.2. The van der Waals surface area contributed by atoms with Crippen LogP contribution in [-0.2, 0) is 16.1 Å². The van der Waals surface area contributed by atoms with Crippen LogP contribution >= 0.6 is 0 Å². The number of benzene rings is 2. The molecule has 0 aliphatic carbocycles. The third kappa shape index (κ3) is 4.98. The molecule has 0 unspecified atom stereocenters. The molecule has 2 aromatic carbocycles. The molecule has 7 heteroatoms. The van der Waals surface area contributed by atoms with Gasteiger partial charge in [0.25, 0.3) is 0 Å². The van der Waals surface area contributed by atoms with Crippen LogP contribution in [-0.4, -0.2) is 70.4 Å². The molecule has 3 aliphatic rings. The SMILES string of the molecule is O=C(CN1CCC[C@]2(C[C@@H](O)[C@H](c3ccccc3)N(Cc3cccc(F)c3)C2=O)C1)N1CCCC1. The van der Waals surface area contributed by atoms with E-state index in [-0.39, 0.29) is 24.2 Å². The molecule has 5 rings (SSSR count). The summed E-state index contributed by atoms with van der Waals surface area (Å²) in [5, 5.41) is 11.4. The number of carbonyl (C=O) groups is 2. The number of nitrogens with zero attached hydrogens (tertiary/aromatic N) is 3. The highest BCUT2D eigenvalue weighted by Crippen LogP contribution is 2.46. The molecule has 35 heavy (non-hydrogen) atoms. The molecule has 3 heterocycles. The van der Waals surface area contributed by atoms with Crippen LogP contribution in [0, 0.1) is 11.2 Å². The van der Waals surface area contributed by atoms with Gasteiger partial charge >= 0.3 is 0 Å². The lowest BCUT2D eigenvalue weighted by Crippen LogP contribution is -2.61. The van der Waals surface area contributed by atoms with E-state index in [1.807, 2.05) is 41.3 Å². The number of hydrogen-bond acceptors (Lipinski definition) is 4. The van der Waals surface area contributed by atoms with Crippen molar-refractivity contribution >= 4 is 11.8 Å². The van der Waals surface area contributed by atoms with E-state index in [0.717, 1.165) is 44.5 Å². The first-order chi connectivity index (χ1) is 16.9. The van der Waals surface area contributed by atoms with Gasteiger partial charge in [0, 0.05) is 26.2 Å². The summed E-state index contributed by atoms with van der Waals surface area (Å²) in [6, 6.07) is 15.4. The number of likely N-dealkylation sites (tertiary alicyclic amines) is 3. The Morgan fingerprint density at radius 2 is 1.80 bits per heavy atom. The highest BCUT2D eigenvalue weighted by molar-refractivity contribution is 5.85. The quantitative estimate of drug-likeness (QED) is 0.714. The predicted molar refractivity (Wildman–Crippen MR) is 131 cm³/mol. The lowest BCUT2D eigenvalue weighted by molar-refractivity contribution is -0.166. The fraction of sp³-hybridized carbons (Fsp3) is 0.500. The van der Waals surface area contributed by atoms with Crippen LogP contribution in [0.15, 0.2) is 54.6 Å². The van der Waals surface area contributed by atoms with Crippen LogP contribution < -0.4 is 0 Å². The first-order valence-corrected chi connectivity index (χ1v) is 12.7. The van der Waals surface area contributed by atoms with Crippen LogP contribution in [0.5, 0.6) is 0 Å². The Morgan fingerprint density at radius 3 is 2.54 bits per heavy atom. The van der Waals surface area contributed by atoms with E-state index in [9.17, 15) is 19.1 Å². The Balaban J connectivity index is 1.42. The Labute approximate surface area is 206 Å². The number of carbonyl (C=O) groups excluding carboxylic acids is 2. The zero-order chi connectivity index (χ0) is 24.4. The summed E-state index contributed by atoms with van der Waals surface area (Å²) < 4.78 is 14.0. The Kier molecular flexibility index (Phi) is 6.89. The van der Waals surface area contributed by atoms with Crippen LogP contribution in [0.4, 0.5) is 4.39 Å². The van der Waals surface area contributed by atoms with Gasteiger partial charge in [-0.3, -0.25) is 14.5 Å². The normalized spacial score (nSPS) is 27.5. The number of hydrogen-bond donors (Lipinski definition) is 1. The Morgan fingerprint density at radius 1 is 1.03 bits per heavy atom. The van der Waals surface area contributed by atoms with E-state index in [2.05, 4.69) is 4.90 Å². The average molecular weight is 480 g/mol. The van der Waals surface area contributed by atoms with Crippen molar-refractivity contribution in [1.82, 2.24) is 14.7 Å². The summed E-state index contributed by atoms with van der Waals surface area (Å²) in [6.45, 7) is 3.41. The van der Waals surface area contributed by atoms with E-state index < -0.39 is 17.6 Å². The molecular weight excluding hydrogens is 445 g/mol. The van der Waals surface area contributed by atoms with Crippen LogP contribution in [0.3, 0.4) is 0 Å². The van der Waals surface area contributed by atoms with Gasteiger partial charge in [0.1, 0.15) is 5.82 Å². The number of piperidine rings is 2. The van der Waals surface area contributed by atoms with Crippen molar-refractivity contribution in [2.24, 2.45) is 5.41 Å².